The fourth-order valence-corrected chi connectivity index (χ4v) is 1.84. The lowest BCUT2D eigenvalue weighted by atomic mass is 10.4. The summed E-state index contributed by atoms with van der Waals surface area (Å²) in [7, 11) is 0. The van der Waals surface area contributed by atoms with Gasteiger partial charge in [-0.25, -0.2) is 4.98 Å². The molecule has 0 aliphatic rings. The van der Waals surface area contributed by atoms with Gasteiger partial charge in [-0.05, 0) is 19.9 Å². The number of hydrogen-bond donors (Lipinski definition) is 3. The predicted molar refractivity (Wildman–Crippen MR) is 97.8 cm³/mol. The molecule has 0 aliphatic carbocycles. The highest BCUT2D eigenvalue weighted by atomic mass is 127. The summed E-state index contributed by atoms with van der Waals surface area (Å²) in [6, 6.07) is 1.66. The number of halogens is 3. The third kappa shape index (κ3) is 7.35. The molecular formula is C12H20Cl2IN5. The molecular weight excluding hydrogens is 412 g/mol. The molecule has 0 aromatic carbocycles. The normalized spacial score (nSPS) is 9.40. The van der Waals surface area contributed by atoms with Crippen LogP contribution < -0.4 is 16.0 Å². The van der Waals surface area contributed by atoms with E-state index in [1.165, 1.54) is 0 Å². The van der Waals surface area contributed by atoms with Crippen LogP contribution in [-0.2, 0) is 0 Å². The van der Waals surface area contributed by atoms with Crippen molar-refractivity contribution in [2.75, 3.05) is 31.5 Å². The molecule has 0 spiro atoms. The fraction of sp³-hybridized carbons (Fsp3) is 0.500. The molecule has 5 nitrogen and oxygen atoms in total. The number of aromatic nitrogens is 1. The summed E-state index contributed by atoms with van der Waals surface area (Å²) in [6.07, 6.45) is 1.56. The number of anilines is 1. The van der Waals surface area contributed by atoms with E-state index < -0.39 is 0 Å². The SMILES string of the molecule is CCNC(=NCCNc1ncc(Cl)cc1Cl)NCC.I. The summed E-state index contributed by atoms with van der Waals surface area (Å²) >= 11 is 11.8. The van der Waals surface area contributed by atoms with Gasteiger partial charge in [-0.2, -0.15) is 0 Å². The molecule has 1 heterocycles. The van der Waals surface area contributed by atoms with E-state index in [-0.39, 0.29) is 24.0 Å². The Morgan fingerprint density at radius 1 is 1.25 bits per heavy atom. The van der Waals surface area contributed by atoms with Gasteiger partial charge in [0.25, 0.3) is 0 Å². The van der Waals surface area contributed by atoms with Crippen LogP contribution in [0, 0.1) is 0 Å². The average Bonchev–Trinajstić information content (AvgIpc) is 2.37. The number of rotatable bonds is 6. The number of pyridine rings is 1. The van der Waals surface area contributed by atoms with Gasteiger partial charge in [0.2, 0.25) is 0 Å². The van der Waals surface area contributed by atoms with Crippen molar-refractivity contribution in [3.63, 3.8) is 0 Å². The van der Waals surface area contributed by atoms with E-state index in [2.05, 4.69) is 25.9 Å². The molecule has 0 bridgehead atoms. The third-order valence-corrected chi connectivity index (χ3v) is 2.67. The first kappa shape index (κ1) is 19.5. The number of aliphatic imine (C=N–C) groups is 1. The fourth-order valence-electron chi connectivity index (χ4n) is 1.40. The topological polar surface area (TPSA) is 61.3 Å². The summed E-state index contributed by atoms with van der Waals surface area (Å²) in [5.41, 5.74) is 0. The summed E-state index contributed by atoms with van der Waals surface area (Å²) in [6.45, 7) is 7.00. The van der Waals surface area contributed by atoms with E-state index in [1.54, 1.807) is 12.3 Å². The summed E-state index contributed by atoms with van der Waals surface area (Å²) in [5.74, 6) is 1.43. The number of nitrogens with one attached hydrogen (secondary N) is 3. The Hall–Kier alpha value is -0.470. The molecule has 0 amide bonds. The van der Waals surface area contributed by atoms with Crippen molar-refractivity contribution in [1.82, 2.24) is 15.6 Å². The van der Waals surface area contributed by atoms with Gasteiger partial charge in [-0.1, -0.05) is 23.2 Å². The van der Waals surface area contributed by atoms with Crippen molar-refractivity contribution in [2.45, 2.75) is 13.8 Å². The van der Waals surface area contributed by atoms with E-state index in [0.717, 1.165) is 19.0 Å². The van der Waals surface area contributed by atoms with Crippen LogP contribution in [0.3, 0.4) is 0 Å². The summed E-state index contributed by atoms with van der Waals surface area (Å²) in [4.78, 5) is 8.51. The monoisotopic (exact) mass is 431 g/mol. The summed E-state index contributed by atoms with van der Waals surface area (Å²) < 4.78 is 0. The maximum absolute atomic E-state index is 6.00. The van der Waals surface area contributed by atoms with Crippen molar-refractivity contribution in [1.29, 1.82) is 0 Å². The molecule has 114 valence electrons. The maximum atomic E-state index is 6.00. The van der Waals surface area contributed by atoms with Crippen molar-refractivity contribution < 1.29 is 0 Å². The Labute approximate surface area is 147 Å². The average molecular weight is 432 g/mol. The molecule has 8 heteroatoms. The van der Waals surface area contributed by atoms with Crippen molar-refractivity contribution in [2.24, 2.45) is 4.99 Å². The minimum Gasteiger partial charge on any atom is -0.367 e. The second-order valence-corrected chi connectivity index (χ2v) is 4.55. The minimum atomic E-state index is 0. The van der Waals surface area contributed by atoms with Gasteiger partial charge in [0.15, 0.2) is 5.96 Å². The van der Waals surface area contributed by atoms with E-state index in [9.17, 15) is 0 Å². The molecule has 20 heavy (non-hydrogen) atoms. The second kappa shape index (κ2) is 11.2. The molecule has 1 aromatic rings. The van der Waals surface area contributed by atoms with Crippen molar-refractivity contribution >= 4 is 59.0 Å². The van der Waals surface area contributed by atoms with Crippen molar-refractivity contribution in [3.8, 4) is 0 Å². The van der Waals surface area contributed by atoms with E-state index in [4.69, 9.17) is 23.2 Å². The lowest BCUT2D eigenvalue weighted by molar-refractivity contribution is 0.839. The molecule has 0 atom stereocenters. The first-order chi connectivity index (χ1) is 9.17. The zero-order valence-electron chi connectivity index (χ0n) is 11.5. The first-order valence-corrected chi connectivity index (χ1v) is 7.00. The van der Waals surface area contributed by atoms with Crippen LogP contribution in [0.1, 0.15) is 13.8 Å². The Bertz CT molecular complexity index is 420. The van der Waals surface area contributed by atoms with Crippen LogP contribution >= 0.6 is 47.2 Å². The van der Waals surface area contributed by atoms with Gasteiger partial charge in [0.05, 0.1) is 16.6 Å². The van der Waals surface area contributed by atoms with Gasteiger partial charge in [0.1, 0.15) is 5.82 Å². The van der Waals surface area contributed by atoms with Gasteiger partial charge in [-0.3, -0.25) is 4.99 Å². The zero-order chi connectivity index (χ0) is 14.1. The van der Waals surface area contributed by atoms with Crippen LogP contribution in [0.4, 0.5) is 5.82 Å². The highest BCUT2D eigenvalue weighted by Crippen LogP contribution is 2.21. The van der Waals surface area contributed by atoms with Crippen LogP contribution in [0.2, 0.25) is 10.0 Å². The highest BCUT2D eigenvalue weighted by Gasteiger charge is 2.01. The molecule has 3 N–H and O–H groups in total. The maximum Gasteiger partial charge on any atom is 0.191 e. The van der Waals surface area contributed by atoms with Crippen LogP contribution in [0.25, 0.3) is 0 Å². The number of guanidine groups is 1. The van der Waals surface area contributed by atoms with Gasteiger partial charge >= 0.3 is 0 Å². The lowest BCUT2D eigenvalue weighted by Gasteiger charge is -2.10. The Morgan fingerprint density at radius 2 is 1.90 bits per heavy atom. The van der Waals surface area contributed by atoms with Crippen LogP contribution in [0.5, 0.6) is 0 Å². The Balaban J connectivity index is 0.00000361. The minimum absolute atomic E-state index is 0. The zero-order valence-corrected chi connectivity index (χ0v) is 15.4. The Morgan fingerprint density at radius 3 is 2.45 bits per heavy atom. The van der Waals surface area contributed by atoms with Crippen molar-refractivity contribution in [3.05, 3.63) is 22.3 Å². The predicted octanol–water partition coefficient (Wildman–Crippen LogP) is 2.99. The van der Waals surface area contributed by atoms with E-state index >= 15 is 0 Å². The molecule has 0 saturated carbocycles. The standard InChI is InChI=1S/C12H19Cl2N5.HI/c1-3-15-12(16-4-2)18-6-5-17-11-10(14)7-9(13)8-19-11;/h7-8H,3-6H2,1-2H3,(H,17,19)(H2,15,16,18);1H. The Kier molecular flexibility index (Phi) is 11.0. The van der Waals surface area contributed by atoms with Gasteiger partial charge in [0, 0.05) is 25.8 Å². The molecule has 0 unspecified atom stereocenters. The number of nitrogens with zero attached hydrogens (tertiary/aromatic N) is 2. The molecule has 0 saturated heterocycles. The molecule has 0 fully saturated rings. The quantitative estimate of drug-likeness (QED) is 0.280. The van der Waals surface area contributed by atoms with E-state index in [1.807, 2.05) is 13.8 Å². The third-order valence-electron chi connectivity index (χ3n) is 2.17. The second-order valence-electron chi connectivity index (χ2n) is 3.70. The molecule has 0 radical (unpaired) electrons. The molecule has 0 aliphatic heterocycles. The summed E-state index contributed by atoms with van der Waals surface area (Å²) in [5, 5.41) is 10.5. The van der Waals surface area contributed by atoms with Gasteiger partial charge < -0.3 is 16.0 Å². The van der Waals surface area contributed by atoms with Crippen LogP contribution in [0.15, 0.2) is 17.3 Å². The van der Waals surface area contributed by atoms with Crippen LogP contribution in [-0.4, -0.2) is 37.1 Å². The van der Waals surface area contributed by atoms with E-state index in [0.29, 0.717) is 29.0 Å². The lowest BCUT2D eigenvalue weighted by Crippen LogP contribution is -2.37. The number of hydrogen-bond acceptors (Lipinski definition) is 3. The molecule has 1 rings (SSSR count). The molecule has 1 aromatic heterocycles. The highest BCUT2D eigenvalue weighted by molar-refractivity contribution is 14.0. The van der Waals surface area contributed by atoms with Gasteiger partial charge in [-0.15, -0.1) is 24.0 Å². The first-order valence-electron chi connectivity index (χ1n) is 6.24. The smallest absolute Gasteiger partial charge is 0.191 e. The largest absolute Gasteiger partial charge is 0.367 e.